The Hall–Kier alpha value is -2.71. The van der Waals surface area contributed by atoms with Crippen LogP contribution in [0.3, 0.4) is 0 Å². The van der Waals surface area contributed by atoms with E-state index in [0.29, 0.717) is 5.56 Å². The number of nitrogens with zero attached hydrogens (tertiary/aromatic N) is 5. The van der Waals surface area contributed by atoms with E-state index in [-0.39, 0.29) is 30.2 Å². The van der Waals surface area contributed by atoms with Crippen molar-refractivity contribution in [2.45, 2.75) is 78.7 Å². The number of likely N-dealkylation sites (tertiary alicyclic amines) is 1. The molecule has 2 aliphatic heterocycles. The molecule has 0 radical (unpaired) electrons. The van der Waals surface area contributed by atoms with Gasteiger partial charge in [0.25, 0.3) is 5.91 Å². The Labute approximate surface area is 207 Å². The minimum absolute atomic E-state index is 0.0664. The molecule has 2 fully saturated rings. The Kier molecular flexibility index (Phi) is 6.44. The van der Waals surface area contributed by atoms with Crippen LogP contribution in [0.5, 0.6) is 0 Å². The van der Waals surface area contributed by atoms with Crippen LogP contribution < -0.4 is 0 Å². The number of furan rings is 1. The van der Waals surface area contributed by atoms with Crippen LogP contribution in [0.25, 0.3) is 22.3 Å². The molecule has 1 amide bonds. The van der Waals surface area contributed by atoms with Gasteiger partial charge >= 0.3 is 0 Å². The molecule has 5 heterocycles. The third-order valence-corrected chi connectivity index (χ3v) is 7.21. The van der Waals surface area contributed by atoms with Crippen LogP contribution in [-0.2, 0) is 4.74 Å². The first-order valence-corrected chi connectivity index (χ1v) is 12.9. The fourth-order valence-electron chi connectivity index (χ4n) is 5.78. The van der Waals surface area contributed by atoms with Crippen LogP contribution in [-0.4, -0.2) is 74.9 Å². The van der Waals surface area contributed by atoms with E-state index in [1.165, 1.54) is 0 Å². The van der Waals surface area contributed by atoms with Crippen LogP contribution in [0.15, 0.2) is 22.7 Å². The summed E-state index contributed by atoms with van der Waals surface area (Å²) in [5.41, 5.74) is 3.09. The van der Waals surface area contributed by atoms with E-state index < -0.39 is 0 Å². The first kappa shape index (κ1) is 24.0. The van der Waals surface area contributed by atoms with E-state index in [4.69, 9.17) is 14.1 Å². The molecule has 0 spiro atoms. The Morgan fingerprint density at radius 1 is 1.17 bits per heavy atom. The molecule has 8 heteroatoms. The van der Waals surface area contributed by atoms with Crippen LogP contribution >= 0.6 is 0 Å². The third kappa shape index (κ3) is 4.61. The number of ether oxygens (including phenoxy) is 1. The number of carbonyl (C=O) groups is 1. The normalized spacial score (nSPS) is 23.6. The summed E-state index contributed by atoms with van der Waals surface area (Å²) < 4.78 is 13.6. The van der Waals surface area contributed by atoms with Crippen molar-refractivity contribution in [2.24, 2.45) is 0 Å². The minimum Gasteiger partial charge on any atom is -0.466 e. The summed E-state index contributed by atoms with van der Waals surface area (Å²) in [5.74, 6) is 1.70. The summed E-state index contributed by atoms with van der Waals surface area (Å²) in [5, 5.41) is 5.40. The van der Waals surface area contributed by atoms with Gasteiger partial charge in [0.15, 0.2) is 5.65 Å². The SMILES string of the molecule is Cc1cc(-c2cc(C(=O)N3CCCC3CN3CC(C)OC(C)C3)c3cnn(C(C)C)c3n2)c(C)o1. The number of hydrogen-bond donors (Lipinski definition) is 0. The third-order valence-electron chi connectivity index (χ3n) is 7.21. The first-order valence-electron chi connectivity index (χ1n) is 12.9. The minimum atomic E-state index is 0.0664. The second-order valence-corrected chi connectivity index (χ2v) is 10.6. The number of amides is 1. The van der Waals surface area contributed by atoms with Gasteiger partial charge in [-0.1, -0.05) is 0 Å². The standard InChI is InChI=1S/C27H37N5O3/c1-16(2)32-26-24(12-28-32)23(11-25(29-26)22-10-17(3)35-20(22)6)27(33)31-9-7-8-21(31)15-30-13-18(4)34-19(5)14-30/h10-12,16,18-19,21H,7-9,13-15H2,1-6H3. The molecular formula is C27H37N5O3. The van der Waals surface area contributed by atoms with Gasteiger partial charge in [-0.25, -0.2) is 9.67 Å². The number of pyridine rings is 1. The topological polar surface area (TPSA) is 76.6 Å². The van der Waals surface area contributed by atoms with E-state index in [1.807, 2.05) is 30.7 Å². The second-order valence-electron chi connectivity index (χ2n) is 10.6. The van der Waals surface area contributed by atoms with Crippen molar-refractivity contribution in [3.63, 3.8) is 0 Å². The monoisotopic (exact) mass is 479 g/mol. The number of aryl methyl sites for hydroxylation is 2. The van der Waals surface area contributed by atoms with Crippen LogP contribution in [0.2, 0.25) is 0 Å². The summed E-state index contributed by atoms with van der Waals surface area (Å²) in [7, 11) is 0. The number of fused-ring (bicyclic) bond motifs is 1. The number of aromatic nitrogens is 3. The molecule has 3 unspecified atom stereocenters. The van der Waals surface area contributed by atoms with Crippen LogP contribution in [0.1, 0.15) is 68.5 Å². The van der Waals surface area contributed by atoms with Gasteiger partial charge in [0, 0.05) is 43.8 Å². The quantitative estimate of drug-likeness (QED) is 0.532. The summed E-state index contributed by atoms with van der Waals surface area (Å²) in [6, 6.07) is 4.26. The molecule has 0 bridgehead atoms. The van der Waals surface area contributed by atoms with Gasteiger partial charge in [-0.2, -0.15) is 5.10 Å². The molecule has 0 aromatic carbocycles. The molecule has 188 valence electrons. The molecular weight excluding hydrogens is 442 g/mol. The van der Waals surface area contributed by atoms with Crippen molar-refractivity contribution in [1.82, 2.24) is 24.6 Å². The number of rotatable bonds is 5. The molecule has 0 aliphatic carbocycles. The van der Waals surface area contributed by atoms with Crippen molar-refractivity contribution in [3.8, 4) is 11.3 Å². The van der Waals surface area contributed by atoms with E-state index in [9.17, 15) is 4.79 Å². The Morgan fingerprint density at radius 3 is 2.57 bits per heavy atom. The van der Waals surface area contributed by atoms with Crippen LogP contribution in [0.4, 0.5) is 0 Å². The van der Waals surface area contributed by atoms with Gasteiger partial charge in [-0.05, 0) is 66.5 Å². The average molecular weight is 480 g/mol. The first-order chi connectivity index (χ1) is 16.7. The van der Waals surface area contributed by atoms with Gasteiger partial charge in [0.2, 0.25) is 0 Å². The van der Waals surface area contributed by atoms with E-state index in [1.54, 1.807) is 6.20 Å². The lowest BCUT2D eigenvalue weighted by atomic mass is 10.1. The highest BCUT2D eigenvalue weighted by atomic mass is 16.5. The maximum absolute atomic E-state index is 14.1. The molecule has 3 aromatic heterocycles. The summed E-state index contributed by atoms with van der Waals surface area (Å²) in [4.78, 5) is 23.6. The zero-order valence-electron chi connectivity index (χ0n) is 21.7. The predicted octanol–water partition coefficient (Wildman–Crippen LogP) is 4.60. The van der Waals surface area contributed by atoms with Gasteiger partial charge in [0.1, 0.15) is 11.5 Å². The molecule has 3 aromatic rings. The lowest BCUT2D eigenvalue weighted by Crippen LogP contribution is -2.50. The Morgan fingerprint density at radius 2 is 1.91 bits per heavy atom. The smallest absolute Gasteiger partial charge is 0.255 e. The van der Waals surface area contributed by atoms with Gasteiger partial charge in [-0.15, -0.1) is 0 Å². The number of carbonyl (C=O) groups excluding carboxylic acids is 1. The Balaban J connectivity index is 1.51. The fraction of sp³-hybridized carbons (Fsp3) is 0.593. The lowest BCUT2D eigenvalue weighted by molar-refractivity contribution is -0.0715. The molecule has 2 saturated heterocycles. The van der Waals surface area contributed by atoms with E-state index >= 15 is 0 Å². The predicted molar refractivity (Wildman–Crippen MR) is 136 cm³/mol. The molecule has 35 heavy (non-hydrogen) atoms. The highest BCUT2D eigenvalue weighted by molar-refractivity contribution is 6.06. The van der Waals surface area contributed by atoms with Gasteiger partial charge in [-0.3, -0.25) is 9.69 Å². The average Bonchev–Trinajstić information content (AvgIpc) is 3.50. The van der Waals surface area contributed by atoms with Gasteiger partial charge in [0.05, 0.1) is 35.0 Å². The summed E-state index contributed by atoms with van der Waals surface area (Å²) in [6.07, 6.45) is 4.28. The molecule has 2 aliphatic rings. The highest BCUT2D eigenvalue weighted by Crippen LogP contribution is 2.32. The van der Waals surface area contributed by atoms with E-state index in [2.05, 4.69) is 42.6 Å². The zero-order valence-corrected chi connectivity index (χ0v) is 21.7. The van der Waals surface area contributed by atoms with Gasteiger partial charge < -0.3 is 14.1 Å². The molecule has 3 atom stereocenters. The fourth-order valence-corrected chi connectivity index (χ4v) is 5.78. The maximum Gasteiger partial charge on any atom is 0.255 e. The highest BCUT2D eigenvalue weighted by Gasteiger charge is 2.34. The maximum atomic E-state index is 14.1. The largest absolute Gasteiger partial charge is 0.466 e. The lowest BCUT2D eigenvalue weighted by Gasteiger charge is -2.38. The van der Waals surface area contributed by atoms with Crippen LogP contribution in [0, 0.1) is 13.8 Å². The Bertz CT molecular complexity index is 1220. The molecule has 0 N–H and O–H groups in total. The van der Waals surface area contributed by atoms with Crippen molar-refractivity contribution >= 4 is 16.9 Å². The molecule has 0 saturated carbocycles. The van der Waals surface area contributed by atoms with Crippen molar-refractivity contribution < 1.29 is 13.9 Å². The van der Waals surface area contributed by atoms with Crippen molar-refractivity contribution in [2.75, 3.05) is 26.2 Å². The van der Waals surface area contributed by atoms with E-state index in [0.717, 1.165) is 72.8 Å². The summed E-state index contributed by atoms with van der Waals surface area (Å²) in [6.45, 7) is 15.8. The summed E-state index contributed by atoms with van der Waals surface area (Å²) >= 11 is 0. The number of hydrogen-bond acceptors (Lipinski definition) is 6. The second kappa shape index (κ2) is 9.39. The number of morpholine rings is 1. The van der Waals surface area contributed by atoms with Crippen molar-refractivity contribution in [1.29, 1.82) is 0 Å². The van der Waals surface area contributed by atoms with Crippen molar-refractivity contribution in [3.05, 3.63) is 35.4 Å². The molecule has 8 nitrogen and oxygen atoms in total. The zero-order chi connectivity index (χ0) is 24.9. The molecule has 5 rings (SSSR count).